The number of para-hydroxylation sites is 1. The summed E-state index contributed by atoms with van der Waals surface area (Å²) in [6.45, 7) is 2.05. The molecule has 184 valence electrons. The maximum absolute atomic E-state index is 13.0. The van der Waals surface area contributed by atoms with E-state index in [1.807, 2.05) is 41.3 Å². The van der Waals surface area contributed by atoms with Crippen molar-refractivity contribution < 1.29 is 9.59 Å². The summed E-state index contributed by atoms with van der Waals surface area (Å²) >= 11 is 1.51. The van der Waals surface area contributed by atoms with Gasteiger partial charge in [-0.1, -0.05) is 54.2 Å². The maximum atomic E-state index is 13.0. The Balaban J connectivity index is 1.23. The number of benzene rings is 2. The Kier molecular flexibility index (Phi) is 5.80. The van der Waals surface area contributed by atoms with Gasteiger partial charge in [-0.2, -0.15) is 4.68 Å². The molecule has 36 heavy (non-hydrogen) atoms. The molecule has 1 saturated heterocycles. The smallest absolute Gasteiger partial charge is 0.325 e. The second kappa shape index (κ2) is 9.26. The Morgan fingerprint density at radius 3 is 2.67 bits per heavy atom. The number of amides is 3. The van der Waals surface area contributed by atoms with E-state index in [2.05, 4.69) is 43.9 Å². The van der Waals surface area contributed by atoms with Gasteiger partial charge in [0.25, 0.3) is 5.91 Å². The summed E-state index contributed by atoms with van der Waals surface area (Å²) in [6, 6.07) is 17.1. The Labute approximate surface area is 212 Å². The molecule has 2 atom stereocenters. The number of aliphatic imine (C=N–C) groups is 1. The molecule has 0 saturated carbocycles. The van der Waals surface area contributed by atoms with Crippen LogP contribution in [0.2, 0.25) is 0 Å². The maximum Gasteiger partial charge on any atom is 0.325 e. The molecule has 4 heterocycles. The van der Waals surface area contributed by atoms with Crippen LogP contribution in [0.3, 0.4) is 0 Å². The van der Waals surface area contributed by atoms with Gasteiger partial charge in [-0.15, -0.1) is 5.10 Å². The van der Waals surface area contributed by atoms with Crippen LogP contribution in [0.5, 0.6) is 0 Å². The van der Waals surface area contributed by atoms with E-state index in [0.29, 0.717) is 24.0 Å². The average Bonchev–Trinajstić information content (AvgIpc) is 3.53. The number of guanidine groups is 1. The van der Waals surface area contributed by atoms with E-state index in [4.69, 9.17) is 4.99 Å². The first-order valence-electron chi connectivity index (χ1n) is 11.8. The molecule has 0 bridgehead atoms. The summed E-state index contributed by atoms with van der Waals surface area (Å²) in [7, 11) is 1.68. The standard InChI is InChI=1S/C24H25N9O2S/c1-30-20-19(21(34)26-23(30)35)32(22(25-20)31-12-11-16-7-5-6-8-17(16)15-31)13-14-36-24-27-28-29-33(24)18-9-3-2-4-10-18/h2-10,19-20H,11-15H2,1H3,(H,26,34,35). The number of rotatable bonds is 5. The lowest BCUT2D eigenvalue weighted by Gasteiger charge is -2.38. The molecule has 1 aromatic heterocycles. The van der Waals surface area contributed by atoms with Crippen molar-refractivity contribution in [1.29, 1.82) is 0 Å². The van der Waals surface area contributed by atoms with Gasteiger partial charge in [0, 0.05) is 32.4 Å². The molecule has 2 aromatic carbocycles. The zero-order valence-electron chi connectivity index (χ0n) is 19.7. The molecular formula is C24H25N9O2S. The van der Waals surface area contributed by atoms with Crippen LogP contribution in [0.25, 0.3) is 5.69 Å². The second-order valence-corrected chi connectivity index (χ2v) is 9.95. The van der Waals surface area contributed by atoms with E-state index >= 15 is 0 Å². The van der Waals surface area contributed by atoms with Gasteiger partial charge in [0.1, 0.15) is 0 Å². The van der Waals surface area contributed by atoms with Crippen molar-refractivity contribution in [3.8, 4) is 5.69 Å². The molecule has 2 unspecified atom stereocenters. The number of aromatic nitrogens is 4. The van der Waals surface area contributed by atoms with Crippen LogP contribution in [-0.4, -0.2) is 90.9 Å². The number of hydrogen-bond donors (Lipinski definition) is 1. The predicted octanol–water partition coefficient (Wildman–Crippen LogP) is 1.36. The number of nitrogens with one attached hydrogen (secondary N) is 1. The van der Waals surface area contributed by atoms with Crippen LogP contribution in [0.4, 0.5) is 4.79 Å². The summed E-state index contributed by atoms with van der Waals surface area (Å²) < 4.78 is 1.70. The molecule has 1 fully saturated rings. The third-order valence-electron chi connectivity index (χ3n) is 6.76. The summed E-state index contributed by atoms with van der Waals surface area (Å²) in [5.74, 6) is 1.06. The number of tetrazole rings is 1. The van der Waals surface area contributed by atoms with E-state index < -0.39 is 18.2 Å². The average molecular weight is 504 g/mol. The van der Waals surface area contributed by atoms with Crippen molar-refractivity contribution in [2.24, 2.45) is 4.99 Å². The molecule has 12 heteroatoms. The Morgan fingerprint density at radius 2 is 1.83 bits per heavy atom. The lowest BCUT2D eigenvalue weighted by Crippen LogP contribution is -2.64. The van der Waals surface area contributed by atoms with E-state index in [0.717, 1.165) is 24.6 Å². The largest absolute Gasteiger partial charge is 0.338 e. The monoisotopic (exact) mass is 503 g/mol. The number of fused-ring (bicyclic) bond motifs is 2. The van der Waals surface area contributed by atoms with Gasteiger partial charge in [0.15, 0.2) is 18.2 Å². The van der Waals surface area contributed by atoms with Crippen molar-refractivity contribution in [1.82, 2.24) is 40.2 Å². The Morgan fingerprint density at radius 1 is 1.06 bits per heavy atom. The van der Waals surface area contributed by atoms with Crippen LogP contribution in [0.1, 0.15) is 11.1 Å². The number of urea groups is 1. The van der Waals surface area contributed by atoms with Gasteiger partial charge >= 0.3 is 6.03 Å². The number of hydrogen-bond acceptors (Lipinski definition) is 9. The topological polar surface area (TPSA) is 112 Å². The van der Waals surface area contributed by atoms with Crippen molar-refractivity contribution in [3.05, 3.63) is 65.7 Å². The van der Waals surface area contributed by atoms with Crippen molar-refractivity contribution in [3.63, 3.8) is 0 Å². The van der Waals surface area contributed by atoms with Gasteiger partial charge < -0.3 is 14.7 Å². The van der Waals surface area contributed by atoms with Gasteiger partial charge in [-0.05, 0) is 40.1 Å². The highest BCUT2D eigenvalue weighted by Crippen LogP contribution is 2.29. The summed E-state index contributed by atoms with van der Waals surface area (Å²) in [6.07, 6.45) is 0.345. The van der Waals surface area contributed by atoms with E-state index in [-0.39, 0.29) is 5.91 Å². The van der Waals surface area contributed by atoms with Gasteiger partial charge in [-0.25, -0.2) is 9.79 Å². The molecule has 0 aliphatic carbocycles. The first-order chi connectivity index (χ1) is 17.6. The molecular weight excluding hydrogens is 478 g/mol. The number of nitrogens with zero attached hydrogens (tertiary/aromatic N) is 8. The first-order valence-corrected chi connectivity index (χ1v) is 12.8. The van der Waals surface area contributed by atoms with Gasteiger partial charge in [0.2, 0.25) is 5.16 Å². The molecule has 1 N–H and O–H groups in total. The third kappa shape index (κ3) is 3.96. The van der Waals surface area contributed by atoms with E-state index in [1.165, 1.54) is 27.8 Å². The highest BCUT2D eigenvalue weighted by atomic mass is 32.2. The van der Waals surface area contributed by atoms with E-state index in [1.54, 1.807) is 11.7 Å². The fourth-order valence-electron chi connectivity index (χ4n) is 4.92. The molecule has 0 spiro atoms. The van der Waals surface area contributed by atoms with Crippen molar-refractivity contribution >= 4 is 29.7 Å². The Hall–Kier alpha value is -3.93. The minimum absolute atomic E-state index is 0.321. The number of imide groups is 1. The quantitative estimate of drug-likeness (QED) is 0.520. The Bertz CT molecular complexity index is 1330. The number of likely N-dealkylation sites (N-methyl/N-ethyl adjacent to an activating group) is 1. The van der Waals surface area contributed by atoms with Crippen LogP contribution in [0.15, 0.2) is 64.7 Å². The zero-order valence-corrected chi connectivity index (χ0v) is 20.5. The van der Waals surface area contributed by atoms with Crippen LogP contribution in [-0.2, 0) is 17.8 Å². The molecule has 3 aliphatic rings. The fraction of sp³-hybridized carbons (Fsp3) is 0.333. The highest BCUT2D eigenvalue weighted by molar-refractivity contribution is 7.99. The van der Waals surface area contributed by atoms with Crippen LogP contribution >= 0.6 is 11.8 Å². The number of carbonyl (C=O) groups is 2. The van der Waals surface area contributed by atoms with Gasteiger partial charge in [-0.3, -0.25) is 10.1 Å². The van der Waals surface area contributed by atoms with Crippen molar-refractivity contribution in [2.45, 2.75) is 30.3 Å². The normalized spacial score (nSPS) is 21.2. The minimum atomic E-state index is -0.578. The van der Waals surface area contributed by atoms with Crippen LogP contribution in [0, 0.1) is 0 Å². The number of carbonyl (C=O) groups excluding carboxylic acids is 2. The lowest BCUT2D eigenvalue weighted by atomic mass is 10.0. The van der Waals surface area contributed by atoms with Crippen molar-refractivity contribution in [2.75, 3.05) is 25.9 Å². The number of thioether (sulfide) groups is 1. The fourth-order valence-corrected chi connectivity index (χ4v) is 5.74. The zero-order chi connectivity index (χ0) is 24.6. The molecule has 3 aromatic rings. The van der Waals surface area contributed by atoms with Crippen LogP contribution < -0.4 is 5.32 Å². The second-order valence-electron chi connectivity index (χ2n) is 8.88. The highest BCUT2D eigenvalue weighted by Gasteiger charge is 2.49. The first kappa shape index (κ1) is 22.5. The molecule has 3 amide bonds. The molecule has 3 aliphatic heterocycles. The molecule has 0 radical (unpaired) electrons. The summed E-state index contributed by atoms with van der Waals surface area (Å²) in [4.78, 5) is 35.9. The van der Waals surface area contributed by atoms with Gasteiger partial charge in [0.05, 0.1) is 5.69 Å². The lowest BCUT2D eigenvalue weighted by molar-refractivity contribution is -0.127. The SMILES string of the molecule is CN1C(=O)NC(=O)C2C1N=C(N1CCc3ccccc3C1)N2CCSc1nnnn1-c1ccccc1. The molecule has 6 rings (SSSR count). The summed E-state index contributed by atoms with van der Waals surface area (Å²) in [5.41, 5.74) is 3.48. The third-order valence-corrected chi connectivity index (χ3v) is 7.66. The predicted molar refractivity (Wildman–Crippen MR) is 133 cm³/mol. The summed E-state index contributed by atoms with van der Waals surface area (Å²) in [5, 5.41) is 15.3. The minimum Gasteiger partial charge on any atom is -0.338 e. The van der Waals surface area contributed by atoms with E-state index in [9.17, 15) is 9.59 Å². The molecule has 11 nitrogen and oxygen atoms in total.